The second-order valence-corrected chi connectivity index (χ2v) is 12.8. The van der Waals surface area contributed by atoms with E-state index in [2.05, 4.69) is 103 Å². The maximum absolute atomic E-state index is 6.28. The predicted molar refractivity (Wildman–Crippen MR) is 203 cm³/mol. The maximum Gasteiger partial charge on any atom is 0.164 e. The Balaban J connectivity index is 1.19. The highest BCUT2D eigenvalue weighted by Gasteiger charge is 2.20. The monoisotopic (exact) mass is 639 g/mol. The molecular formula is C45H25N3O2. The molecule has 0 N–H and O–H groups in total. The third kappa shape index (κ3) is 4.04. The molecule has 0 amide bonds. The van der Waals surface area contributed by atoms with Crippen LogP contribution in [-0.4, -0.2) is 15.0 Å². The average Bonchev–Trinajstić information content (AvgIpc) is 3.74. The van der Waals surface area contributed by atoms with Gasteiger partial charge in [0.2, 0.25) is 0 Å². The molecule has 50 heavy (non-hydrogen) atoms. The van der Waals surface area contributed by atoms with Crippen molar-refractivity contribution in [2.45, 2.75) is 0 Å². The van der Waals surface area contributed by atoms with Gasteiger partial charge in [-0.25, -0.2) is 15.0 Å². The van der Waals surface area contributed by atoms with Gasteiger partial charge in [-0.05, 0) is 74.8 Å². The molecule has 0 saturated heterocycles. The normalized spacial score (nSPS) is 12.0. The molecule has 0 bridgehead atoms. The largest absolute Gasteiger partial charge is 0.456 e. The van der Waals surface area contributed by atoms with Crippen LogP contribution in [0.5, 0.6) is 0 Å². The summed E-state index contributed by atoms with van der Waals surface area (Å²) in [5.74, 6) is 1.80. The van der Waals surface area contributed by atoms with Crippen molar-refractivity contribution in [3.63, 3.8) is 0 Å². The summed E-state index contributed by atoms with van der Waals surface area (Å²) in [6, 6.07) is 52.2. The lowest BCUT2D eigenvalue weighted by Crippen LogP contribution is -2.01. The first-order valence-electron chi connectivity index (χ1n) is 16.7. The minimum Gasteiger partial charge on any atom is -0.456 e. The van der Waals surface area contributed by atoms with Gasteiger partial charge in [0.1, 0.15) is 22.3 Å². The first-order valence-corrected chi connectivity index (χ1v) is 16.7. The van der Waals surface area contributed by atoms with Crippen molar-refractivity contribution in [2.24, 2.45) is 0 Å². The van der Waals surface area contributed by atoms with Gasteiger partial charge in [0.25, 0.3) is 0 Å². The molecule has 8 aromatic carbocycles. The Morgan fingerprint density at radius 1 is 0.320 bits per heavy atom. The number of aromatic nitrogens is 3. The van der Waals surface area contributed by atoms with Crippen LogP contribution >= 0.6 is 0 Å². The molecule has 0 fully saturated rings. The Bertz CT molecular complexity index is 3170. The summed E-state index contributed by atoms with van der Waals surface area (Å²) in [5.41, 5.74) is 6.11. The van der Waals surface area contributed by atoms with E-state index in [1.165, 1.54) is 5.39 Å². The first kappa shape index (κ1) is 27.1. The zero-order chi connectivity index (χ0) is 32.8. The Labute approximate surface area is 285 Å². The van der Waals surface area contributed by atoms with Crippen LogP contribution < -0.4 is 0 Å². The molecule has 0 aliphatic heterocycles. The summed E-state index contributed by atoms with van der Waals surface area (Å²) < 4.78 is 12.5. The molecule has 0 radical (unpaired) electrons. The minimum atomic E-state index is 0.590. The Kier molecular flexibility index (Phi) is 5.60. The van der Waals surface area contributed by atoms with E-state index in [9.17, 15) is 0 Å². The molecule has 0 atom stereocenters. The summed E-state index contributed by atoms with van der Waals surface area (Å²) in [6.45, 7) is 0. The van der Waals surface area contributed by atoms with Crippen LogP contribution in [0, 0.1) is 0 Å². The molecule has 11 aromatic rings. The number of furan rings is 2. The Morgan fingerprint density at radius 2 is 0.960 bits per heavy atom. The highest BCUT2D eigenvalue weighted by molar-refractivity contribution is 6.14. The van der Waals surface area contributed by atoms with Crippen LogP contribution in [0.4, 0.5) is 0 Å². The number of hydrogen-bond donors (Lipinski definition) is 0. The van der Waals surface area contributed by atoms with Crippen LogP contribution in [0.25, 0.3) is 110 Å². The minimum absolute atomic E-state index is 0.590. The van der Waals surface area contributed by atoms with Gasteiger partial charge in [-0.2, -0.15) is 0 Å². The van der Waals surface area contributed by atoms with Crippen LogP contribution in [0.1, 0.15) is 0 Å². The maximum atomic E-state index is 6.28. The zero-order valence-corrected chi connectivity index (χ0v) is 26.6. The van der Waals surface area contributed by atoms with Crippen molar-refractivity contribution in [3.8, 4) is 34.2 Å². The van der Waals surface area contributed by atoms with E-state index in [0.717, 1.165) is 87.5 Å². The number of fused-ring (bicyclic) bond motifs is 10. The highest BCUT2D eigenvalue weighted by atomic mass is 16.3. The van der Waals surface area contributed by atoms with E-state index in [1.807, 2.05) is 48.5 Å². The van der Waals surface area contributed by atoms with Crippen LogP contribution in [-0.2, 0) is 0 Å². The molecule has 11 rings (SSSR count). The number of rotatable bonds is 3. The second kappa shape index (κ2) is 10.3. The van der Waals surface area contributed by atoms with E-state index in [0.29, 0.717) is 17.5 Å². The van der Waals surface area contributed by atoms with Crippen LogP contribution in [0.15, 0.2) is 160 Å². The number of para-hydroxylation sites is 2. The highest BCUT2D eigenvalue weighted by Crippen LogP contribution is 2.39. The van der Waals surface area contributed by atoms with Crippen molar-refractivity contribution in [2.75, 3.05) is 0 Å². The van der Waals surface area contributed by atoms with Gasteiger partial charge >= 0.3 is 0 Å². The SMILES string of the molecule is c1ccc2c(c1)cc(-c1nc(-c3ccc4cc5c(cc4c3)oc3ccccc35)nc(-c3cccc4oc5ccccc5c34)n1)c1ccccc12. The molecular weight excluding hydrogens is 615 g/mol. The van der Waals surface area contributed by atoms with E-state index in [4.69, 9.17) is 23.8 Å². The smallest absolute Gasteiger partial charge is 0.164 e. The molecule has 0 unspecified atom stereocenters. The van der Waals surface area contributed by atoms with Crippen LogP contribution in [0.2, 0.25) is 0 Å². The van der Waals surface area contributed by atoms with E-state index in [1.54, 1.807) is 0 Å². The summed E-state index contributed by atoms with van der Waals surface area (Å²) in [7, 11) is 0. The Morgan fingerprint density at radius 3 is 1.82 bits per heavy atom. The molecule has 5 heteroatoms. The van der Waals surface area contributed by atoms with Gasteiger partial charge in [0, 0.05) is 38.2 Å². The summed E-state index contributed by atoms with van der Waals surface area (Å²) in [6.07, 6.45) is 0. The van der Waals surface area contributed by atoms with Crippen molar-refractivity contribution in [1.29, 1.82) is 0 Å². The summed E-state index contributed by atoms with van der Waals surface area (Å²) in [4.78, 5) is 15.7. The van der Waals surface area contributed by atoms with Gasteiger partial charge in [0.15, 0.2) is 17.5 Å². The van der Waals surface area contributed by atoms with Gasteiger partial charge in [-0.15, -0.1) is 0 Å². The van der Waals surface area contributed by atoms with E-state index < -0.39 is 0 Å². The molecule has 0 aliphatic rings. The molecule has 0 aliphatic carbocycles. The molecule has 3 heterocycles. The number of nitrogens with zero attached hydrogens (tertiary/aromatic N) is 3. The third-order valence-corrected chi connectivity index (χ3v) is 9.88. The van der Waals surface area contributed by atoms with Crippen LogP contribution in [0.3, 0.4) is 0 Å². The van der Waals surface area contributed by atoms with Gasteiger partial charge < -0.3 is 8.83 Å². The van der Waals surface area contributed by atoms with Crippen molar-refractivity contribution in [1.82, 2.24) is 15.0 Å². The molecule has 232 valence electrons. The summed E-state index contributed by atoms with van der Waals surface area (Å²) >= 11 is 0. The van der Waals surface area contributed by atoms with Gasteiger partial charge in [-0.3, -0.25) is 0 Å². The fourth-order valence-electron chi connectivity index (χ4n) is 7.55. The lowest BCUT2D eigenvalue weighted by molar-refractivity contribution is 0.669. The van der Waals surface area contributed by atoms with Crippen molar-refractivity contribution >= 4 is 76.2 Å². The molecule has 5 nitrogen and oxygen atoms in total. The third-order valence-electron chi connectivity index (χ3n) is 9.88. The zero-order valence-electron chi connectivity index (χ0n) is 26.6. The van der Waals surface area contributed by atoms with Gasteiger partial charge in [0.05, 0.1) is 0 Å². The predicted octanol–water partition coefficient (Wildman–Crippen LogP) is 12.1. The van der Waals surface area contributed by atoms with Gasteiger partial charge in [-0.1, -0.05) is 109 Å². The standard InChI is InChI=1S/C45H25N3O2/c1-2-11-30-27(10-1)24-37(32-13-4-3-12-31(30)32)45-47-43(46-44(48-45)35-16-9-19-40-42(35)34-15-6-8-18-39(34)49-40)28-21-20-26-23-36-33-14-5-7-17-38(33)50-41(36)25-29(26)22-28/h1-25H. The fraction of sp³-hybridized carbons (Fsp3) is 0. The number of benzene rings is 8. The lowest BCUT2D eigenvalue weighted by Gasteiger charge is -2.13. The lowest BCUT2D eigenvalue weighted by atomic mass is 9.96. The van der Waals surface area contributed by atoms with Crippen molar-refractivity contribution < 1.29 is 8.83 Å². The van der Waals surface area contributed by atoms with Crippen molar-refractivity contribution in [3.05, 3.63) is 152 Å². The topological polar surface area (TPSA) is 65.0 Å². The first-order chi connectivity index (χ1) is 24.7. The number of hydrogen-bond acceptors (Lipinski definition) is 5. The molecule has 0 spiro atoms. The van der Waals surface area contributed by atoms with E-state index in [-0.39, 0.29) is 0 Å². The fourth-order valence-corrected chi connectivity index (χ4v) is 7.55. The van der Waals surface area contributed by atoms with E-state index >= 15 is 0 Å². The molecule has 3 aromatic heterocycles. The summed E-state index contributed by atoms with van der Waals surface area (Å²) in [5, 5.41) is 11.0. The second-order valence-electron chi connectivity index (χ2n) is 12.8. The molecule has 0 saturated carbocycles. The quantitative estimate of drug-likeness (QED) is 0.180. The average molecular weight is 640 g/mol. The Hall–Kier alpha value is -6.85.